The van der Waals surface area contributed by atoms with E-state index in [1.165, 1.54) is 4.31 Å². The van der Waals surface area contributed by atoms with Crippen molar-refractivity contribution in [3.8, 4) is 0 Å². The average molecular weight is 353 g/mol. The Morgan fingerprint density at radius 2 is 1.92 bits per heavy atom. The van der Waals surface area contributed by atoms with E-state index >= 15 is 0 Å². The van der Waals surface area contributed by atoms with Crippen LogP contribution in [0.3, 0.4) is 0 Å². The van der Waals surface area contributed by atoms with Gasteiger partial charge in [-0.05, 0) is 24.8 Å². The second-order valence-electron chi connectivity index (χ2n) is 6.32. The number of amides is 1. The van der Waals surface area contributed by atoms with E-state index in [4.69, 9.17) is 5.73 Å². The molecule has 134 valence electrons. The van der Waals surface area contributed by atoms with Crippen molar-refractivity contribution < 1.29 is 13.2 Å². The van der Waals surface area contributed by atoms with Gasteiger partial charge in [0.25, 0.3) is 0 Å². The number of benzene rings is 1. The number of piperidine rings is 1. The quantitative estimate of drug-likeness (QED) is 0.771. The highest BCUT2D eigenvalue weighted by molar-refractivity contribution is 7.88. The van der Waals surface area contributed by atoms with Gasteiger partial charge in [0.15, 0.2) is 0 Å². The molecule has 1 unspecified atom stereocenters. The summed E-state index contributed by atoms with van der Waals surface area (Å²) in [6, 6.07) is 8.71. The third-order valence-electron chi connectivity index (χ3n) is 4.32. The maximum atomic E-state index is 12.5. The monoisotopic (exact) mass is 353 g/mol. The predicted molar refractivity (Wildman–Crippen MR) is 94.7 cm³/mol. The second kappa shape index (κ2) is 8.60. The summed E-state index contributed by atoms with van der Waals surface area (Å²) in [6.07, 6.45) is 2.78. The van der Waals surface area contributed by atoms with Gasteiger partial charge in [0.05, 0.1) is 11.8 Å². The van der Waals surface area contributed by atoms with Crippen LogP contribution in [0, 0.1) is 0 Å². The lowest BCUT2D eigenvalue weighted by Crippen LogP contribution is -2.50. The van der Waals surface area contributed by atoms with Gasteiger partial charge in [0, 0.05) is 19.1 Å². The van der Waals surface area contributed by atoms with E-state index in [1.807, 2.05) is 37.3 Å². The smallest absolute Gasteiger partial charge is 0.237 e. The minimum atomic E-state index is -3.32. The Morgan fingerprint density at radius 3 is 2.50 bits per heavy atom. The molecule has 3 N–H and O–H groups in total. The van der Waals surface area contributed by atoms with Gasteiger partial charge in [-0.25, -0.2) is 12.7 Å². The fraction of sp³-hybridized carbons (Fsp3) is 0.588. The number of carbonyl (C=O) groups is 1. The molecule has 1 atom stereocenters. The van der Waals surface area contributed by atoms with E-state index in [2.05, 4.69) is 5.32 Å². The number of sulfonamides is 1. The minimum absolute atomic E-state index is 0.00332. The highest BCUT2D eigenvalue weighted by atomic mass is 32.2. The van der Waals surface area contributed by atoms with Gasteiger partial charge in [-0.3, -0.25) is 4.79 Å². The molecule has 2 rings (SSSR count). The minimum Gasteiger partial charge on any atom is -0.352 e. The molecule has 6 nitrogen and oxygen atoms in total. The van der Waals surface area contributed by atoms with Crippen molar-refractivity contribution in [2.75, 3.05) is 13.1 Å². The maximum absolute atomic E-state index is 12.5. The van der Waals surface area contributed by atoms with Crippen LogP contribution in [0.25, 0.3) is 0 Å². The Hall–Kier alpha value is -1.44. The molecule has 0 saturated carbocycles. The molecule has 1 heterocycles. The van der Waals surface area contributed by atoms with Crippen molar-refractivity contribution >= 4 is 15.9 Å². The molecule has 1 aromatic rings. The fourth-order valence-corrected chi connectivity index (χ4v) is 4.47. The largest absolute Gasteiger partial charge is 0.352 e. The summed E-state index contributed by atoms with van der Waals surface area (Å²) in [4.78, 5) is 12.0. The van der Waals surface area contributed by atoms with Crippen LogP contribution in [-0.2, 0) is 20.6 Å². The number of hydrogen-bond donors (Lipinski definition) is 2. The molecule has 0 aromatic heterocycles. The van der Waals surface area contributed by atoms with Crippen molar-refractivity contribution in [3.63, 3.8) is 0 Å². The van der Waals surface area contributed by atoms with Gasteiger partial charge in [-0.15, -0.1) is 0 Å². The molecule has 1 fully saturated rings. The zero-order chi connectivity index (χ0) is 17.6. The zero-order valence-corrected chi connectivity index (χ0v) is 15.0. The molecule has 0 bridgehead atoms. The van der Waals surface area contributed by atoms with Crippen molar-refractivity contribution in [1.29, 1.82) is 0 Å². The number of carbonyl (C=O) groups excluding carboxylic acids is 1. The topological polar surface area (TPSA) is 92.5 Å². The van der Waals surface area contributed by atoms with E-state index in [0.29, 0.717) is 32.4 Å². The lowest BCUT2D eigenvalue weighted by atomic mass is 10.1. The number of hydrogen-bond acceptors (Lipinski definition) is 4. The Labute approximate surface area is 144 Å². The second-order valence-corrected chi connectivity index (χ2v) is 8.29. The van der Waals surface area contributed by atoms with Crippen molar-refractivity contribution in [2.45, 2.75) is 50.4 Å². The Kier molecular flexibility index (Phi) is 6.77. The number of nitrogens with two attached hydrogens (primary N) is 1. The first-order valence-corrected chi connectivity index (χ1v) is 10.1. The first-order valence-electron chi connectivity index (χ1n) is 8.50. The van der Waals surface area contributed by atoms with Gasteiger partial charge in [0.2, 0.25) is 15.9 Å². The standard InChI is InChI=1S/C17H27N3O3S/c1-2-6-16(18)17(21)19-15-9-11-20(12-10-15)24(22,23)13-14-7-4-3-5-8-14/h3-5,7-8,15-16H,2,6,9-13,18H2,1H3,(H,19,21). The molecule has 1 aromatic carbocycles. The normalized spacial score (nSPS) is 18.2. The summed E-state index contributed by atoms with van der Waals surface area (Å²) in [5, 5.41) is 2.94. The van der Waals surface area contributed by atoms with E-state index in [9.17, 15) is 13.2 Å². The van der Waals surface area contributed by atoms with Crippen LogP contribution < -0.4 is 11.1 Å². The van der Waals surface area contributed by atoms with Crippen LogP contribution in [0.4, 0.5) is 0 Å². The van der Waals surface area contributed by atoms with Gasteiger partial charge in [0.1, 0.15) is 0 Å². The average Bonchev–Trinajstić information content (AvgIpc) is 2.56. The van der Waals surface area contributed by atoms with E-state index < -0.39 is 16.1 Å². The molecule has 0 aliphatic carbocycles. The van der Waals surface area contributed by atoms with Crippen LogP contribution in [0.2, 0.25) is 0 Å². The lowest BCUT2D eigenvalue weighted by Gasteiger charge is -2.32. The van der Waals surface area contributed by atoms with Crippen LogP contribution in [0.5, 0.6) is 0 Å². The fourth-order valence-electron chi connectivity index (χ4n) is 2.90. The van der Waals surface area contributed by atoms with Gasteiger partial charge < -0.3 is 11.1 Å². The highest BCUT2D eigenvalue weighted by Crippen LogP contribution is 2.18. The van der Waals surface area contributed by atoms with Gasteiger partial charge >= 0.3 is 0 Å². The predicted octanol–water partition coefficient (Wildman–Crippen LogP) is 1.22. The summed E-state index contributed by atoms with van der Waals surface area (Å²) >= 11 is 0. The van der Waals surface area contributed by atoms with Gasteiger partial charge in [-0.1, -0.05) is 43.7 Å². The lowest BCUT2D eigenvalue weighted by molar-refractivity contribution is -0.123. The van der Waals surface area contributed by atoms with Gasteiger partial charge in [-0.2, -0.15) is 0 Å². The Balaban J connectivity index is 1.84. The molecule has 1 amide bonds. The highest BCUT2D eigenvalue weighted by Gasteiger charge is 2.29. The van der Waals surface area contributed by atoms with Crippen LogP contribution >= 0.6 is 0 Å². The molecule has 1 aliphatic rings. The summed E-state index contributed by atoms with van der Waals surface area (Å²) in [6.45, 7) is 2.86. The Morgan fingerprint density at radius 1 is 1.29 bits per heavy atom. The summed E-state index contributed by atoms with van der Waals surface area (Å²) < 4.78 is 26.5. The van der Waals surface area contributed by atoms with Crippen molar-refractivity contribution in [2.24, 2.45) is 5.73 Å². The van der Waals surface area contributed by atoms with E-state index in [0.717, 1.165) is 12.0 Å². The van der Waals surface area contributed by atoms with Crippen LogP contribution in [-0.4, -0.2) is 43.8 Å². The number of nitrogens with zero attached hydrogens (tertiary/aromatic N) is 1. The van der Waals surface area contributed by atoms with E-state index in [-0.39, 0.29) is 17.7 Å². The van der Waals surface area contributed by atoms with Crippen molar-refractivity contribution in [1.82, 2.24) is 9.62 Å². The Bertz CT molecular complexity index is 626. The molecule has 0 radical (unpaired) electrons. The van der Waals surface area contributed by atoms with E-state index in [1.54, 1.807) is 0 Å². The summed E-state index contributed by atoms with van der Waals surface area (Å²) in [7, 11) is -3.32. The molecule has 1 aliphatic heterocycles. The SMILES string of the molecule is CCCC(N)C(=O)NC1CCN(S(=O)(=O)Cc2ccccc2)CC1. The third kappa shape index (κ3) is 5.29. The van der Waals surface area contributed by atoms with Crippen LogP contribution in [0.15, 0.2) is 30.3 Å². The maximum Gasteiger partial charge on any atom is 0.237 e. The first kappa shape index (κ1) is 18.9. The molecule has 24 heavy (non-hydrogen) atoms. The summed E-state index contributed by atoms with van der Waals surface area (Å²) in [5.74, 6) is -0.117. The molecular weight excluding hydrogens is 326 g/mol. The molecule has 0 spiro atoms. The molecular formula is C17H27N3O3S. The van der Waals surface area contributed by atoms with Crippen molar-refractivity contribution in [3.05, 3.63) is 35.9 Å². The number of rotatable bonds is 7. The molecule has 1 saturated heterocycles. The van der Waals surface area contributed by atoms with Crippen LogP contribution in [0.1, 0.15) is 38.2 Å². The zero-order valence-electron chi connectivity index (χ0n) is 14.1. The molecule has 7 heteroatoms. The first-order chi connectivity index (χ1) is 11.4. The summed E-state index contributed by atoms with van der Waals surface area (Å²) in [5.41, 5.74) is 6.60. The number of nitrogens with one attached hydrogen (secondary N) is 1. The third-order valence-corrected chi connectivity index (χ3v) is 6.17.